The Morgan fingerprint density at radius 3 is 2.64 bits per heavy atom. The summed E-state index contributed by atoms with van der Waals surface area (Å²) in [6.45, 7) is 9.72. The van der Waals surface area contributed by atoms with Gasteiger partial charge in [-0.15, -0.1) is 10.2 Å². The molecule has 6 rings (SSSR count). The van der Waals surface area contributed by atoms with Crippen molar-refractivity contribution in [3.8, 4) is 28.0 Å². The molecule has 2 atom stereocenters. The van der Waals surface area contributed by atoms with Crippen molar-refractivity contribution >= 4 is 33.6 Å². The number of fused-ring (bicyclic) bond motifs is 3. The third-order valence-electron chi connectivity index (χ3n) is 8.04. The third-order valence-corrected chi connectivity index (χ3v) is 9.06. The fraction of sp³-hybridized carbons (Fsp3) is 0.429. The molecule has 0 radical (unpaired) electrons. The number of nitrogens with zero attached hydrogens (tertiary/aromatic N) is 7. The first-order valence-corrected chi connectivity index (χ1v) is 14.1. The van der Waals surface area contributed by atoms with Crippen LogP contribution in [0.3, 0.4) is 0 Å². The van der Waals surface area contributed by atoms with Gasteiger partial charge in [-0.1, -0.05) is 11.3 Å². The predicted molar refractivity (Wildman–Crippen MR) is 151 cm³/mol. The minimum Gasteiger partial charge on any atom is -0.382 e. The van der Waals surface area contributed by atoms with E-state index in [0.717, 1.165) is 64.2 Å². The van der Waals surface area contributed by atoms with Crippen LogP contribution in [0.5, 0.6) is 0 Å². The summed E-state index contributed by atoms with van der Waals surface area (Å²) in [5.74, 6) is 0.820. The molecular weight excluding hydrogens is 510 g/mol. The van der Waals surface area contributed by atoms with Crippen molar-refractivity contribution in [3.05, 3.63) is 42.2 Å². The van der Waals surface area contributed by atoms with E-state index < -0.39 is 0 Å². The van der Waals surface area contributed by atoms with Crippen LogP contribution in [0.4, 0.5) is 10.8 Å². The lowest BCUT2D eigenvalue weighted by molar-refractivity contribution is -0.121. The second kappa shape index (κ2) is 9.61. The first-order valence-electron chi connectivity index (χ1n) is 13.3. The molecule has 2 N–H and O–H groups in total. The van der Waals surface area contributed by atoms with Gasteiger partial charge in [-0.05, 0) is 69.7 Å². The summed E-state index contributed by atoms with van der Waals surface area (Å²) >= 11 is 1.58. The maximum atomic E-state index is 11.9. The topological polar surface area (TPSA) is 124 Å². The van der Waals surface area contributed by atoms with Crippen LogP contribution in [-0.4, -0.2) is 55.4 Å². The fourth-order valence-corrected chi connectivity index (χ4v) is 7.03. The molecule has 1 aliphatic heterocycles. The number of carbonyl (C=O) groups excluding carboxylic acids is 1. The molecular formula is C28H31N9OS. The van der Waals surface area contributed by atoms with Gasteiger partial charge in [-0.25, -0.2) is 4.52 Å². The molecule has 2 fully saturated rings. The Hall–Kier alpha value is -4.04. The number of carbonyl (C=O) groups is 1. The Balaban J connectivity index is 1.30. The van der Waals surface area contributed by atoms with Crippen LogP contribution >= 0.6 is 11.3 Å². The van der Waals surface area contributed by atoms with Crippen LogP contribution < -0.4 is 15.5 Å². The molecule has 5 heterocycles. The summed E-state index contributed by atoms with van der Waals surface area (Å²) in [4.78, 5) is 19.0. The van der Waals surface area contributed by atoms with E-state index in [9.17, 15) is 10.1 Å². The van der Waals surface area contributed by atoms with E-state index in [1.807, 2.05) is 30.5 Å². The second-order valence-electron chi connectivity index (χ2n) is 11.1. The van der Waals surface area contributed by atoms with Crippen LogP contribution in [0, 0.1) is 23.2 Å². The van der Waals surface area contributed by atoms with Crippen LogP contribution in [0.1, 0.15) is 46.1 Å². The molecule has 2 unspecified atom stereocenters. The highest BCUT2D eigenvalue weighted by Crippen LogP contribution is 2.47. The number of amides is 1. The number of nitriles is 1. The summed E-state index contributed by atoms with van der Waals surface area (Å²) in [6.07, 6.45) is 5.63. The largest absolute Gasteiger partial charge is 0.382 e. The van der Waals surface area contributed by atoms with E-state index in [2.05, 4.69) is 57.7 Å². The molecule has 39 heavy (non-hydrogen) atoms. The van der Waals surface area contributed by atoms with E-state index >= 15 is 0 Å². The lowest BCUT2D eigenvalue weighted by Gasteiger charge is -2.45. The van der Waals surface area contributed by atoms with Gasteiger partial charge in [0.25, 0.3) is 0 Å². The highest BCUT2D eigenvalue weighted by Gasteiger charge is 2.51. The molecule has 0 aromatic carbocycles. The highest BCUT2D eigenvalue weighted by atomic mass is 32.1. The summed E-state index contributed by atoms with van der Waals surface area (Å²) in [5.41, 5.74) is 4.65. The van der Waals surface area contributed by atoms with E-state index in [0.29, 0.717) is 17.4 Å². The Labute approximate surface area is 231 Å². The maximum Gasteiger partial charge on any atom is 0.217 e. The lowest BCUT2D eigenvalue weighted by Crippen LogP contribution is -2.61. The van der Waals surface area contributed by atoms with Gasteiger partial charge in [0.05, 0.1) is 34.2 Å². The quantitative estimate of drug-likeness (QED) is 0.369. The number of hydrogen-bond acceptors (Lipinski definition) is 9. The van der Waals surface area contributed by atoms with Gasteiger partial charge in [-0.2, -0.15) is 10.4 Å². The second-order valence-corrected chi connectivity index (χ2v) is 12.0. The van der Waals surface area contributed by atoms with Crippen molar-refractivity contribution in [1.82, 2.24) is 30.1 Å². The molecule has 4 aromatic heterocycles. The molecule has 200 valence electrons. The minimum absolute atomic E-state index is 0.0398. The SMILES string of the molecule is CC(=O)NC1(C)C2CCC1CN(c1nnc(-c3cnc(-c4ccc5cc(C#N)cnn45)cc3NC(C)C)s1)C2. The fourth-order valence-electron chi connectivity index (χ4n) is 6.15. The van der Waals surface area contributed by atoms with Gasteiger partial charge in [0.1, 0.15) is 6.07 Å². The average Bonchev–Trinajstić information content (AvgIpc) is 3.57. The number of rotatable bonds is 6. The van der Waals surface area contributed by atoms with Crippen molar-refractivity contribution < 1.29 is 4.79 Å². The highest BCUT2D eigenvalue weighted by molar-refractivity contribution is 7.18. The lowest BCUT2D eigenvalue weighted by atomic mass is 9.78. The Kier molecular flexibility index (Phi) is 6.22. The van der Waals surface area contributed by atoms with E-state index in [1.165, 1.54) is 0 Å². The number of aromatic nitrogens is 5. The summed E-state index contributed by atoms with van der Waals surface area (Å²) < 4.78 is 1.80. The van der Waals surface area contributed by atoms with Crippen LogP contribution in [0.15, 0.2) is 36.7 Å². The average molecular weight is 542 g/mol. The molecule has 4 aromatic rings. The summed E-state index contributed by atoms with van der Waals surface area (Å²) in [7, 11) is 0. The maximum absolute atomic E-state index is 11.9. The Morgan fingerprint density at radius 1 is 1.18 bits per heavy atom. The van der Waals surface area contributed by atoms with Crippen LogP contribution in [0.25, 0.3) is 27.5 Å². The number of anilines is 2. The number of nitrogens with one attached hydrogen (secondary N) is 2. The standard InChI is InChI=1S/C28H31N9OS/c1-16(2)32-23-10-24(25-8-7-21-9-18(11-29)12-31-37(21)25)30-13-22(23)26-34-35-27(39-26)36-14-19-5-6-20(15-36)28(19,4)33-17(3)38/h7-10,12-13,16,19-20H,5-6,14-15H2,1-4H3,(H,30,32)(H,33,38). The monoisotopic (exact) mass is 541 g/mol. The molecule has 1 saturated carbocycles. The first kappa shape index (κ1) is 25.2. The van der Waals surface area contributed by atoms with Crippen LogP contribution in [0.2, 0.25) is 0 Å². The van der Waals surface area contributed by atoms with Gasteiger partial charge < -0.3 is 15.5 Å². The number of pyridine rings is 1. The van der Waals surface area contributed by atoms with E-state index in [1.54, 1.807) is 29.0 Å². The predicted octanol–water partition coefficient (Wildman–Crippen LogP) is 4.35. The smallest absolute Gasteiger partial charge is 0.217 e. The molecule has 1 aliphatic carbocycles. The molecule has 10 nitrogen and oxygen atoms in total. The van der Waals surface area contributed by atoms with Gasteiger partial charge in [0.2, 0.25) is 11.0 Å². The molecule has 0 spiro atoms. The van der Waals surface area contributed by atoms with Crippen molar-refractivity contribution in [2.75, 3.05) is 23.3 Å². The normalized spacial score (nSPS) is 22.3. The van der Waals surface area contributed by atoms with Crippen molar-refractivity contribution in [2.45, 2.75) is 52.1 Å². The zero-order valence-corrected chi connectivity index (χ0v) is 23.3. The number of hydrogen-bond donors (Lipinski definition) is 2. The van der Waals surface area contributed by atoms with Crippen molar-refractivity contribution in [1.29, 1.82) is 5.26 Å². The summed E-state index contributed by atoms with van der Waals surface area (Å²) in [6, 6.07) is 10.1. The van der Waals surface area contributed by atoms with E-state index in [4.69, 9.17) is 4.98 Å². The third kappa shape index (κ3) is 4.48. The van der Waals surface area contributed by atoms with Gasteiger partial charge >= 0.3 is 0 Å². The van der Waals surface area contributed by atoms with Crippen molar-refractivity contribution in [2.24, 2.45) is 11.8 Å². The summed E-state index contributed by atoms with van der Waals surface area (Å²) in [5, 5.41) is 31.3. The Bertz CT molecular complexity index is 1590. The Morgan fingerprint density at radius 2 is 1.95 bits per heavy atom. The minimum atomic E-state index is -0.155. The number of piperidine rings is 1. The van der Waals surface area contributed by atoms with E-state index in [-0.39, 0.29) is 17.5 Å². The van der Waals surface area contributed by atoms with Gasteiger partial charge in [0, 0.05) is 43.5 Å². The molecule has 2 aliphatic rings. The van der Waals surface area contributed by atoms with Gasteiger partial charge in [-0.3, -0.25) is 9.78 Å². The molecule has 2 bridgehead atoms. The molecule has 11 heteroatoms. The molecule has 1 amide bonds. The first-order chi connectivity index (χ1) is 18.7. The van der Waals surface area contributed by atoms with Crippen molar-refractivity contribution in [3.63, 3.8) is 0 Å². The zero-order chi connectivity index (χ0) is 27.3. The zero-order valence-electron chi connectivity index (χ0n) is 22.5. The van der Waals surface area contributed by atoms with Crippen LogP contribution in [-0.2, 0) is 4.79 Å². The van der Waals surface area contributed by atoms with Gasteiger partial charge in [0.15, 0.2) is 5.01 Å². The molecule has 1 saturated heterocycles.